The number of amides is 1. The van der Waals surface area contributed by atoms with Crippen LogP contribution in [0.3, 0.4) is 0 Å². The van der Waals surface area contributed by atoms with Crippen LogP contribution in [0.2, 0.25) is 0 Å². The Hall–Kier alpha value is -1.66. The quantitative estimate of drug-likeness (QED) is 0.688. The van der Waals surface area contributed by atoms with Crippen LogP contribution in [0.15, 0.2) is 24.3 Å². The van der Waals surface area contributed by atoms with Crippen LogP contribution in [0, 0.1) is 5.82 Å². The van der Waals surface area contributed by atoms with Gasteiger partial charge in [-0.3, -0.25) is 4.79 Å². The van der Waals surface area contributed by atoms with Gasteiger partial charge in [-0.15, -0.1) is 0 Å². The number of nitrogens with two attached hydrogens (primary N) is 1. The SMILES string of the molecule is COCC(N)C(=O)NCCOc1ccc(F)cc1. The first-order valence-electron chi connectivity index (χ1n) is 5.54. The number of halogens is 1. The summed E-state index contributed by atoms with van der Waals surface area (Å²) in [7, 11) is 1.48. The predicted octanol–water partition coefficient (Wildman–Crippen LogP) is 0.294. The van der Waals surface area contributed by atoms with Gasteiger partial charge in [-0.05, 0) is 24.3 Å². The molecule has 0 aromatic heterocycles. The monoisotopic (exact) mass is 256 g/mol. The summed E-state index contributed by atoms with van der Waals surface area (Å²) in [6.07, 6.45) is 0. The van der Waals surface area contributed by atoms with Gasteiger partial charge in [0.2, 0.25) is 5.91 Å². The standard InChI is InChI=1S/C12H17FN2O3/c1-17-8-11(14)12(16)15-6-7-18-10-4-2-9(13)3-5-10/h2-5,11H,6-8,14H2,1H3,(H,15,16). The maximum atomic E-state index is 12.6. The number of benzene rings is 1. The molecular formula is C12H17FN2O3. The molecule has 1 atom stereocenters. The van der Waals surface area contributed by atoms with E-state index in [1.807, 2.05) is 0 Å². The molecule has 5 nitrogen and oxygen atoms in total. The Balaban J connectivity index is 2.18. The van der Waals surface area contributed by atoms with Gasteiger partial charge in [0.05, 0.1) is 13.2 Å². The number of nitrogens with one attached hydrogen (secondary N) is 1. The molecule has 1 unspecified atom stereocenters. The fraction of sp³-hybridized carbons (Fsp3) is 0.417. The van der Waals surface area contributed by atoms with Crippen LogP contribution in [0.4, 0.5) is 4.39 Å². The minimum absolute atomic E-state index is 0.171. The summed E-state index contributed by atoms with van der Waals surface area (Å²) in [6.45, 7) is 0.787. The number of hydrogen-bond donors (Lipinski definition) is 2. The third-order valence-electron chi connectivity index (χ3n) is 2.17. The Morgan fingerprint density at radius 2 is 2.11 bits per heavy atom. The number of rotatable bonds is 7. The summed E-state index contributed by atoms with van der Waals surface area (Å²) >= 11 is 0. The van der Waals surface area contributed by atoms with E-state index in [9.17, 15) is 9.18 Å². The summed E-state index contributed by atoms with van der Waals surface area (Å²) in [5, 5.41) is 2.61. The third-order valence-corrected chi connectivity index (χ3v) is 2.17. The third kappa shape index (κ3) is 5.11. The van der Waals surface area contributed by atoms with Crippen molar-refractivity contribution in [2.45, 2.75) is 6.04 Å². The maximum absolute atomic E-state index is 12.6. The molecule has 1 aromatic carbocycles. The number of carbonyl (C=O) groups excluding carboxylic acids is 1. The molecule has 18 heavy (non-hydrogen) atoms. The van der Waals surface area contributed by atoms with Crippen molar-refractivity contribution < 1.29 is 18.7 Å². The van der Waals surface area contributed by atoms with Crippen LogP contribution in [0.1, 0.15) is 0 Å². The maximum Gasteiger partial charge on any atom is 0.239 e. The van der Waals surface area contributed by atoms with Gasteiger partial charge in [0, 0.05) is 7.11 Å². The van der Waals surface area contributed by atoms with Crippen molar-refractivity contribution in [3.05, 3.63) is 30.1 Å². The molecule has 1 amide bonds. The van der Waals surface area contributed by atoms with Gasteiger partial charge >= 0.3 is 0 Å². The van der Waals surface area contributed by atoms with Crippen LogP contribution in [-0.4, -0.2) is 38.8 Å². The average molecular weight is 256 g/mol. The molecule has 0 saturated heterocycles. The van der Waals surface area contributed by atoms with Crippen molar-refractivity contribution >= 4 is 5.91 Å². The van der Waals surface area contributed by atoms with Gasteiger partial charge < -0.3 is 20.5 Å². The van der Waals surface area contributed by atoms with Crippen LogP contribution in [0.25, 0.3) is 0 Å². The van der Waals surface area contributed by atoms with Gasteiger partial charge in [-0.2, -0.15) is 0 Å². The molecule has 0 aliphatic carbocycles. The molecule has 0 aliphatic rings. The minimum Gasteiger partial charge on any atom is -0.492 e. The number of carbonyl (C=O) groups is 1. The van der Waals surface area contributed by atoms with Gasteiger partial charge in [-0.1, -0.05) is 0 Å². The first-order chi connectivity index (χ1) is 8.63. The Morgan fingerprint density at radius 1 is 1.44 bits per heavy atom. The van der Waals surface area contributed by atoms with E-state index in [1.54, 1.807) is 0 Å². The van der Waals surface area contributed by atoms with E-state index >= 15 is 0 Å². The summed E-state index contributed by atoms with van der Waals surface area (Å²) in [5.41, 5.74) is 5.52. The minimum atomic E-state index is -0.680. The molecule has 100 valence electrons. The van der Waals surface area contributed by atoms with E-state index in [-0.39, 0.29) is 24.9 Å². The smallest absolute Gasteiger partial charge is 0.239 e. The van der Waals surface area contributed by atoms with Gasteiger partial charge in [0.25, 0.3) is 0 Å². The molecule has 0 saturated carbocycles. The van der Waals surface area contributed by atoms with Crippen LogP contribution >= 0.6 is 0 Å². The largest absolute Gasteiger partial charge is 0.492 e. The van der Waals surface area contributed by atoms with E-state index in [4.69, 9.17) is 15.2 Å². The highest BCUT2D eigenvalue weighted by Crippen LogP contribution is 2.10. The fourth-order valence-corrected chi connectivity index (χ4v) is 1.26. The zero-order valence-electron chi connectivity index (χ0n) is 10.2. The summed E-state index contributed by atoms with van der Waals surface area (Å²) in [5.74, 6) is -0.0624. The van der Waals surface area contributed by atoms with Crippen molar-refractivity contribution in [2.24, 2.45) is 5.73 Å². The molecule has 6 heteroatoms. The lowest BCUT2D eigenvalue weighted by molar-refractivity contribution is -0.123. The Kier molecular flexibility index (Phi) is 6.10. The molecule has 1 aromatic rings. The molecule has 0 bridgehead atoms. The molecule has 0 fully saturated rings. The second-order valence-electron chi connectivity index (χ2n) is 3.66. The summed E-state index contributed by atoms with van der Waals surface area (Å²) in [4.78, 5) is 11.4. The van der Waals surface area contributed by atoms with E-state index in [0.717, 1.165) is 0 Å². The van der Waals surface area contributed by atoms with Crippen LogP contribution in [-0.2, 0) is 9.53 Å². The van der Waals surface area contributed by atoms with Gasteiger partial charge in [-0.25, -0.2) is 4.39 Å². The Labute approximate surface area is 105 Å². The van der Waals surface area contributed by atoms with Crippen molar-refractivity contribution in [1.82, 2.24) is 5.32 Å². The number of methoxy groups -OCH3 is 1. The van der Waals surface area contributed by atoms with Gasteiger partial charge in [0.15, 0.2) is 0 Å². The molecule has 0 radical (unpaired) electrons. The first kappa shape index (κ1) is 14.4. The molecule has 0 aliphatic heterocycles. The lowest BCUT2D eigenvalue weighted by Gasteiger charge is -2.11. The zero-order chi connectivity index (χ0) is 13.4. The molecule has 1 rings (SSSR count). The van der Waals surface area contributed by atoms with Crippen molar-refractivity contribution in [1.29, 1.82) is 0 Å². The van der Waals surface area contributed by atoms with Crippen molar-refractivity contribution in [2.75, 3.05) is 26.9 Å². The molecular weight excluding hydrogens is 239 g/mol. The molecule has 3 N–H and O–H groups in total. The number of ether oxygens (including phenoxy) is 2. The highest BCUT2D eigenvalue weighted by molar-refractivity contribution is 5.81. The zero-order valence-corrected chi connectivity index (χ0v) is 10.2. The highest BCUT2D eigenvalue weighted by atomic mass is 19.1. The van der Waals surface area contributed by atoms with E-state index < -0.39 is 6.04 Å². The second kappa shape index (κ2) is 7.62. The lowest BCUT2D eigenvalue weighted by Crippen LogP contribution is -2.44. The second-order valence-corrected chi connectivity index (χ2v) is 3.66. The normalized spacial score (nSPS) is 11.9. The van der Waals surface area contributed by atoms with E-state index in [2.05, 4.69) is 5.32 Å². The average Bonchev–Trinajstić information content (AvgIpc) is 2.36. The lowest BCUT2D eigenvalue weighted by atomic mass is 10.3. The summed E-state index contributed by atoms with van der Waals surface area (Å²) < 4.78 is 22.7. The molecule has 0 spiro atoms. The summed E-state index contributed by atoms with van der Waals surface area (Å²) in [6, 6.07) is 4.98. The fourth-order valence-electron chi connectivity index (χ4n) is 1.26. The predicted molar refractivity (Wildman–Crippen MR) is 64.8 cm³/mol. The van der Waals surface area contributed by atoms with Crippen LogP contribution in [0.5, 0.6) is 5.75 Å². The highest BCUT2D eigenvalue weighted by Gasteiger charge is 2.11. The molecule has 0 heterocycles. The first-order valence-corrected chi connectivity index (χ1v) is 5.54. The van der Waals surface area contributed by atoms with Crippen LogP contribution < -0.4 is 15.8 Å². The Morgan fingerprint density at radius 3 is 2.72 bits per heavy atom. The van der Waals surface area contributed by atoms with Gasteiger partial charge in [0.1, 0.15) is 24.2 Å². The number of hydrogen-bond acceptors (Lipinski definition) is 4. The van der Waals surface area contributed by atoms with E-state index in [1.165, 1.54) is 31.4 Å². The Bertz CT molecular complexity index is 370. The van der Waals surface area contributed by atoms with Crippen molar-refractivity contribution in [3.63, 3.8) is 0 Å². The topological polar surface area (TPSA) is 73.6 Å². The van der Waals surface area contributed by atoms with Crippen molar-refractivity contribution in [3.8, 4) is 5.75 Å². The van der Waals surface area contributed by atoms with E-state index in [0.29, 0.717) is 12.3 Å².